The van der Waals surface area contributed by atoms with Crippen molar-refractivity contribution in [1.82, 2.24) is 9.97 Å². The maximum Gasteiger partial charge on any atom is 0.276 e. The van der Waals surface area contributed by atoms with Crippen molar-refractivity contribution in [2.45, 2.75) is 6.92 Å². The van der Waals surface area contributed by atoms with E-state index in [1.54, 1.807) is 37.8 Å². The Balaban J connectivity index is 1.56. The number of rotatable bonds is 6. The second kappa shape index (κ2) is 8.83. The maximum atomic E-state index is 13.2. The molecular weight excluding hydrogens is 437 g/mol. The van der Waals surface area contributed by atoms with Gasteiger partial charge in [-0.25, -0.2) is 14.4 Å². The summed E-state index contributed by atoms with van der Waals surface area (Å²) in [4.78, 5) is 22.6. The van der Waals surface area contributed by atoms with Crippen LogP contribution in [0.4, 0.5) is 9.52 Å². The van der Waals surface area contributed by atoms with Gasteiger partial charge < -0.3 is 9.47 Å². The van der Waals surface area contributed by atoms with Gasteiger partial charge in [0.15, 0.2) is 16.6 Å². The van der Waals surface area contributed by atoms with E-state index in [0.717, 1.165) is 16.0 Å². The van der Waals surface area contributed by atoms with Gasteiger partial charge in [0.05, 0.1) is 25.5 Å². The predicted octanol–water partition coefficient (Wildman–Crippen LogP) is 5.65. The number of benzene rings is 2. The molecule has 0 spiro atoms. The molecular formula is C22H18FN3O3S2. The van der Waals surface area contributed by atoms with Crippen LogP contribution >= 0.6 is 22.7 Å². The summed E-state index contributed by atoms with van der Waals surface area (Å²) >= 11 is 2.69. The van der Waals surface area contributed by atoms with Crippen molar-refractivity contribution < 1.29 is 18.7 Å². The molecule has 0 aliphatic carbocycles. The number of nitrogens with zero attached hydrogens (tertiary/aromatic N) is 2. The fourth-order valence-corrected chi connectivity index (χ4v) is 4.70. The smallest absolute Gasteiger partial charge is 0.276 e. The molecule has 2 aromatic carbocycles. The van der Waals surface area contributed by atoms with Crippen LogP contribution in [0.5, 0.6) is 11.5 Å². The summed E-state index contributed by atoms with van der Waals surface area (Å²) in [6.45, 7) is 1.90. The zero-order valence-corrected chi connectivity index (χ0v) is 18.6. The van der Waals surface area contributed by atoms with Crippen LogP contribution in [-0.2, 0) is 0 Å². The van der Waals surface area contributed by atoms with Gasteiger partial charge in [0.25, 0.3) is 5.91 Å². The minimum absolute atomic E-state index is 0.279. The van der Waals surface area contributed by atoms with Crippen molar-refractivity contribution >= 4 is 33.7 Å². The molecule has 0 fully saturated rings. The highest BCUT2D eigenvalue weighted by molar-refractivity contribution is 7.16. The molecule has 4 rings (SSSR count). The van der Waals surface area contributed by atoms with Crippen molar-refractivity contribution in [2.24, 2.45) is 0 Å². The molecule has 6 nitrogen and oxygen atoms in total. The Kier molecular flexibility index (Phi) is 5.97. The molecule has 158 valence electrons. The minimum Gasteiger partial charge on any atom is -0.493 e. The zero-order chi connectivity index (χ0) is 22.0. The van der Waals surface area contributed by atoms with Crippen LogP contribution in [0.3, 0.4) is 0 Å². The first kappa shape index (κ1) is 21.0. The molecule has 2 heterocycles. The number of aromatic nitrogens is 2. The van der Waals surface area contributed by atoms with E-state index in [2.05, 4.69) is 15.3 Å². The average molecular weight is 456 g/mol. The van der Waals surface area contributed by atoms with Crippen LogP contribution in [-0.4, -0.2) is 30.1 Å². The fraction of sp³-hybridized carbons (Fsp3) is 0.136. The highest BCUT2D eigenvalue weighted by Gasteiger charge is 2.19. The zero-order valence-electron chi connectivity index (χ0n) is 16.9. The summed E-state index contributed by atoms with van der Waals surface area (Å²) in [5.41, 5.74) is 2.52. The summed E-state index contributed by atoms with van der Waals surface area (Å²) in [5, 5.41) is 5.58. The molecule has 4 aromatic rings. The van der Waals surface area contributed by atoms with Gasteiger partial charge in [-0.3, -0.25) is 10.1 Å². The number of carbonyl (C=O) groups excluding carboxylic acids is 1. The third kappa shape index (κ3) is 4.28. The molecule has 0 unspecified atom stereocenters. The monoisotopic (exact) mass is 455 g/mol. The van der Waals surface area contributed by atoms with E-state index in [4.69, 9.17) is 9.47 Å². The summed E-state index contributed by atoms with van der Waals surface area (Å²) in [6, 6.07) is 11.6. The van der Waals surface area contributed by atoms with Crippen molar-refractivity contribution in [3.8, 4) is 33.3 Å². The second-order valence-corrected chi connectivity index (χ2v) is 8.53. The van der Waals surface area contributed by atoms with E-state index in [9.17, 15) is 9.18 Å². The van der Waals surface area contributed by atoms with Crippen LogP contribution in [0.1, 0.15) is 15.4 Å². The van der Waals surface area contributed by atoms with Crippen molar-refractivity contribution in [1.29, 1.82) is 0 Å². The standard InChI is InChI=1S/C22H18FN3O3S2/c1-12-18(13-7-9-14(23)10-8-13)25-22(31-12)26-20(27)16-11-30-21(24-16)15-5-4-6-17(28-2)19(15)29-3/h4-11H,1-3H3,(H,25,26,27). The van der Waals surface area contributed by atoms with E-state index < -0.39 is 0 Å². The Morgan fingerprint density at radius 2 is 1.84 bits per heavy atom. The molecule has 2 aromatic heterocycles. The van der Waals surface area contributed by atoms with Gasteiger partial charge in [0.2, 0.25) is 0 Å². The third-order valence-corrected chi connectivity index (χ3v) is 6.27. The first-order valence-electron chi connectivity index (χ1n) is 9.21. The van der Waals surface area contributed by atoms with Gasteiger partial charge in [0, 0.05) is 15.8 Å². The number of hydrogen-bond acceptors (Lipinski definition) is 7. The fourth-order valence-electron chi connectivity index (χ4n) is 3.04. The van der Waals surface area contributed by atoms with Gasteiger partial charge in [0.1, 0.15) is 16.5 Å². The number of thiazole rings is 2. The van der Waals surface area contributed by atoms with Crippen LogP contribution in [0.2, 0.25) is 0 Å². The lowest BCUT2D eigenvalue weighted by molar-refractivity contribution is 0.102. The molecule has 0 saturated carbocycles. The number of para-hydroxylation sites is 1. The van der Waals surface area contributed by atoms with Crippen LogP contribution in [0, 0.1) is 12.7 Å². The molecule has 31 heavy (non-hydrogen) atoms. The minimum atomic E-state index is -0.358. The van der Waals surface area contributed by atoms with Crippen molar-refractivity contribution in [3.63, 3.8) is 0 Å². The highest BCUT2D eigenvalue weighted by atomic mass is 32.1. The number of amides is 1. The Hall–Kier alpha value is -3.30. The number of anilines is 1. The molecule has 0 atom stereocenters. The van der Waals surface area contributed by atoms with E-state index in [1.165, 1.54) is 34.8 Å². The predicted molar refractivity (Wildman–Crippen MR) is 121 cm³/mol. The average Bonchev–Trinajstić information content (AvgIpc) is 3.40. The van der Waals surface area contributed by atoms with E-state index in [-0.39, 0.29) is 17.4 Å². The number of ether oxygens (including phenoxy) is 2. The molecule has 0 aliphatic heterocycles. The van der Waals surface area contributed by atoms with Gasteiger partial charge >= 0.3 is 0 Å². The van der Waals surface area contributed by atoms with E-state index in [1.807, 2.05) is 19.1 Å². The van der Waals surface area contributed by atoms with Crippen LogP contribution in [0.15, 0.2) is 47.8 Å². The summed E-state index contributed by atoms with van der Waals surface area (Å²) in [7, 11) is 3.13. The Morgan fingerprint density at radius 3 is 2.55 bits per heavy atom. The lowest BCUT2D eigenvalue weighted by Gasteiger charge is -2.10. The van der Waals surface area contributed by atoms with Crippen molar-refractivity contribution in [3.05, 3.63) is 64.2 Å². The lowest BCUT2D eigenvalue weighted by Crippen LogP contribution is -2.12. The largest absolute Gasteiger partial charge is 0.493 e. The summed E-state index contributed by atoms with van der Waals surface area (Å²) < 4.78 is 24.0. The Morgan fingerprint density at radius 1 is 1.06 bits per heavy atom. The first-order chi connectivity index (χ1) is 15.0. The topological polar surface area (TPSA) is 73.3 Å². The molecule has 1 amide bonds. The van der Waals surface area contributed by atoms with Gasteiger partial charge in [-0.15, -0.1) is 22.7 Å². The molecule has 9 heteroatoms. The summed E-state index contributed by atoms with van der Waals surface area (Å²) in [6.07, 6.45) is 0. The molecule has 0 aliphatic rings. The van der Waals surface area contributed by atoms with Gasteiger partial charge in [-0.05, 0) is 43.3 Å². The molecule has 0 radical (unpaired) electrons. The Labute approximate surface area is 186 Å². The highest BCUT2D eigenvalue weighted by Crippen LogP contribution is 2.39. The summed E-state index contributed by atoms with van der Waals surface area (Å²) in [5.74, 6) is 0.486. The third-order valence-electron chi connectivity index (χ3n) is 4.50. The number of carbonyl (C=O) groups is 1. The number of hydrogen-bond donors (Lipinski definition) is 1. The normalized spacial score (nSPS) is 10.7. The molecule has 0 saturated heterocycles. The first-order valence-corrected chi connectivity index (χ1v) is 10.9. The number of methoxy groups -OCH3 is 2. The van der Waals surface area contributed by atoms with E-state index in [0.29, 0.717) is 27.3 Å². The van der Waals surface area contributed by atoms with E-state index >= 15 is 0 Å². The maximum absolute atomic E-state index is 13.2. The number of halogens is 1. The molecule has 0 bridgehead atoms. The van der Waals surface area contributed by atoms with Gasteiger partial charge in [-0.2, -0.15) is 0 Å². The number of nitrogens with one attached hydrogen (secondary N) is 1. The van der Waals surface area contributed by atoms with Crippen LogP contribution in [0.25, 0.3) is 21.8 Å². The van der Waals surface area contributed by atoms with Crippen LogP contribution < -0.4 is 14.8 Å². The molecule has 1 N–H and O–H groups in total. The van der Waals surface area contributed by atoms with Gasteiger partial charge in [-0.1, -0.05) is 6.07 Å². The lowest BCUT2D eigenvalue weighted by atomic mass is 10.1. The van der Waals surface area contributed by atoms with Crippen molar-refractivity contribution in [2.75, 3.05) is 19.5 Å². The quantitative estimate of drug-likeness (QED) is 0.407. The SMILES string of the molecule is COc1cccc(-c2nc(C(=O)Nc3nc(-c4ccc(F)cc4)c(C)s3)cs2)c1OC. The number of aryl methyl sites for hydroxylation is 1. The second-order valence-electron chi connectivity index (χ2n) is 6.46. The Bertz CT molecular complexity index is 1240.